The maximum Gasteiger partial charge on any atom is 0.189 e. The van der Waals surface area contributed by atoms with E-state index in [0.29, 0.717) is 30.4 Å². The molecule has 0 bridgehead atoms. The van der Waals surface area contributed by atoms with E-state index in [0.717, 1.165) is 5.56 Å². The van der Waals surface area contributed by atoms with Crippen LogP contribution in [0.15, 0.2) is 18.2 Å². The Morgan fingerprint density at radius 2 is 2.12 bits per heavy atom. The minimum atomic E-state index is 0.108. The molecule has 0 aliphatic rings. The van der Waals surface area contributed by atoms with Crippen molar-refractivity contribution in [1.82, 2.24) is 0 Å². The Morgan fingerprint density at radius 3 is 2.76 bits per heavy atom. The van der Waals surface area contributed by atoms with Gasteiger partial charge in [0.2, 0.25) is 0 Å². The van der Waals surface area contributed by atoms with Gasteiger partial charge in [0.05, 0.1) is 18.2 Å². The molecule has 0 aliphatic heterocycles. The van der Waals surface area contributed by atoms with E-state index in [2.05, 4.69) is 0 Å². The van der Waals surface area contributed by atoms with E-state index in [1.807, 2.05) is 6.07 Å². The van der Waals surface area contributed by atoms with Gasteiger partial charge in [0.25, 0.3) is 0 Å². The molecular formula is C12H17ClO4. The summed E-state index contributed by atoms with van der Waals surface area (Å²) in [5.41, 5.74) is 0.977. The van der Waals surface area contributed by atoms with Gasteiger partial charge in [-0.2, -0.15) is 0 Å². The summed E-state index contributed by atoms with van der Waals surface area (Å²) in [6.07, 6.45) is 0.588. The van der Waals surface area contributed by atoms with Gasteiger partial charge in [-0.3, -0.25) is 0 Å². The molecule has 5 heteroatoms. The first kappa shape index (κ1) is 14.3. The van der Waals surface area contributed by atoms with Crippen molar-refractivity contribution in [2.45, 2.75) is 6.42 Å². The van der Waals surface area contributed by atoms with Gasteiger partial charge in [0.1, 0.15) is 5.75 Å². The van der Waals surface area contributed by atoms with E-state index in [9.17, 15) is 0 Å². The van der Waals surface area contributed by atoms with Gasteiger partial charge in [0.15, 0.2) is 6.79 Å². The Kier molecular flexibility index (Phi) is 6.96. The van der Waals surface area contributed by atoms with Crippen LogP contribution in [0.2, 0.25) is 5.02 Å². The largest absolute Gasteiger partial charge is 0.466 e. The van der Waals surface area contributed by atoms with Crippen LogP contribution in [0.3, 0.4) is 0 Å². The van der Waals surface area contributed by atoms with Gasteiger partial charge in [-0.15, -0.1) is 0 Å². The van der Waals surface area contributed by atoms with Crippen LogP contribution in [0.4, 0.5) is 0 Å². The lowest BCUT2D eigenvalue weighted by atomic mass is 10.1. The molecule has 0 aromatic heterocycles. The van der Waals surface area contributed by atoms with E-state index in [-0.39, 0.29) is 13.4 Å². The van der Waals surface area contributed by atoms with Crippen molar-refractivity contribution in [3.05, 3.63) is 28.8 Å². The molecule has 0 spiro atoms. The number of rotatable bonds is 8. The summed E-state index contributed by atoms with van der Waals surface area (Å²) in [5, 5.41) is 9.32. The molecule has 0 radical (unpaired) electrons. The number of methoxy groups -OCH3 is 1. The molecule has 1 N–H and O–H groups in total. The lowest BCUT2D eigenvalue weighted by Gasteiger charge is -2.09. The van der Waals surface area contributed by atoms with E-state index in [1.165, 1.54) is 0 Å². The molecule has 1 rings (SSSR count). The number of aliphatic hydroxyl groups excluding tert-OH is 1. The van der Waals surface area contributed by atoms with Crippen LogP contribution in [-0.2, 0) is 15.9 Å². The van der Waals surface area contributed by atoms with Crippen molar-refractivity contribution in [3.8, 4) is 5.75 Å². The SMILES string of the molecule is COCCOCOc1ccc(CCO)cc1Cl. The summed E-state index contributed by atoms with van der Waals surface area (Å²) in [4.78, 5) is 0. The van der Waals surface area contributed by atoms with E-state index in [4.69, 9.17) is 30.9 Å². The van der Waals surface area contributed by atoms with Crippen LogP contribution < -0.4 is 4.74 Å². The highest BCUT2D eigenvalue weighted by Crippen LogP contribution is 2.25. The van der Waals surface area contributed by atoms with Crippen molar-refractivity contribution >= 4 is 11.6 Å². The first-order valence-electron chi connectivity index (χ1n) is 5.36. The van der Waals surface area contributed by atoms with Crippen LogP contribution in [0.1, 0.15) is 5.56 Å². The zero-order chi connectivity index (χ0) is 12.5. The number of ether oxygens (including phenoxy) is 3. The van der Waals surface area contributed by atoms with E-state index in [1.54, 1.807) is 19.2 Å². The molecule has 0 fully saturated rings. The molecule has 0 unspecified atom stereocenters. The molecule has 17 heavy (non-hydrogen) atoms. The monoisotopic (exact) mass is 260 g/mol. The molecule has 0 amide bonds. The van der Waals surface area contributed by atoms with Crippen LogP contribution in [0.25, 0.3) is 0 Å². The second-order valence-electron chi connectivity index (χ2n) is 3.40. The molecule has 1 aromatic rings. The fourth-order valence-electron chi connectivity index (χ4n) is 1.25. The summed E-state index contributed by atoms with van der Waals surface area (Å²) < 4.78 is 15.3. The minimum absolute atomic E-state index is 0.108. The summed E-state index contributed by atoms with van der Waals surface area (Å²) >= 11 is 6.02. The number of hydrogen-bond acceptors (Lipinski definition) is 4. The Morgan fingerprint density at radius 1 is 1.29 bits per heavy atom. The average molecular weight is 261 g/mol. The first-order valence-corrected chi connectivity index (χ1v) is 5.74. The van der Waals surface area contributed by atoms with Crippen molar-refractivity contribution in [3.63, 3.8) is 0 Å². The fraction of sp³-hybridized carbons (Fsp3) is 0.500. The highest BCUT2D eigenvalue weighted by Gasteiger charge is 2.03. The van der Waals surface area contributed by atoms with E-state index < -0.39 is 0 Å². The quantitative estimate of drug-likeness (QED) is 0.573. The zero-order valence-electron chi connectivity index (χ0n) is 9.82. The summed E-state index contributed by atoms with van der Waals surface area (Å²) in [6, 6.07) is 5.42. The third kappa shape index (κ3) is 5.37. The molecule has 0 saturated carbocycles. The number of hydrogen-bond donors (Lipinski definition) is 1. The highest BCUT2D eigenvalue weighted by molar-refractivity contribution is 6.32. The highest BCUT2D eigenvalue weighted by atomic mass is 35.5. The van der Waals surface area contributed by atoms with Crippen molar-refractivity contribution in [1.29, 1.82) is 0 Å². The Hall–Kier alpha value is -0.810. The van der Waals surface area contributed by atoms with Gasteiger partial charge in [-0.25, -0.2) is 0 Å². The predicted octanol–water partition coefficient (Wildman–Crippen LogP) is 1.87. The zero-order valence-corrected chi connectivity index (χ0v) is 10.6. The molecule has 96 valence electrons. The summed E-state index contributed by atoms with van der Waals surface area (Å²) in [6.45, 7) is 1.27. The first-order chi connectivity index (χ1) is 8.27. The summed E-state index contributed by atoms with van der Waals surface area (Å²) in [7, 11) is 1.61. The topological polar surface area (TPSA) is 47.9 Å². The van der Waals surface area contributed by atoms with Crippen LogP contribution >= 0.6 is 11.6 Å². The molecule has 0 atom stereocenters. The van der Waals surface area contributed by atoms with Gasteiger partial charge in [-0.1, -0.05) is 17.7 Å². The average Bonchev–Trinajstić information content (AvgIpc) is 2.32. The van der Waals surface area contributed by atoms with Crippen LogP contribution in [0, 0.1) is 0 Å². The number of halogens is 1. The molecule has 0 saturated heterocycles. The predicted molar refractivity (Wildman–Crippen MR) is 65.6 cm³/mol. The molecule has 0 heterocycles. The number of aliphatic hydroxyl groups is 1. The Bertz CT molecular complexity index is 330. The van der Waals surface area contributed by atoms with Crippen molar-refractivity contribution in [2.75, 3.05) is 33.7 Å². The van der Waals surface area contributed by atoms with Crippen LogP contribution in [0.5, 0.6) is 5.75 Å². The van der Waals surface area contributed by atoms with Crippen LogP contribution in [-0.4, -0.2) is 38.8 Å². The molecule has 4 nitrogen and oxygen atoms in total. The van der Waals surface area contributed by atoms with Crippen molar-refractivity contribution < 1.29 is 19.3 Å². The summed E-state index contributed by atoms with van der Waals surface area (Å²) in [5.74, 6) is 0.575. The maximum atomic E-state index is 8.80. The smallest absolute Gasteiger partial charge is 0.189 e. The standard InChI is InChI=1S/C12H17ClO4/c1-15-6-7-16-9-17-12-3-2-10(4-5-14)8-11(12)13/h2-3,8,14H,4-7,9H2,1H3. The molecular weight excluding hydrogens is 244 g/mol. The maximum absolute atomic E-state index is 8.80. The third-order valence-corrected chi connectivity index (χ3v) is 2.42. The third-order valence-electron chi connectivity index (χ3n) is 2.13. The van der Waals surface area contributed by atoms with Gasteiger partial charge in [0, 0.05) is 13.7 Å². The molecule has 1 aromatic carbocycles. The van der Waals surface area contributed by atoms with Gasteiger partial charge >= 0.3 is 0 Å². The minimum Gasteiger partial charge on any atom is -0.466 e. The second-order valence-corrected chi connectivity index (χ2v) is 3.81. The normalized spacial score (nSPS) is 10.5. The van der Waals surface area contributed by atoms with E-state index >= 15 is 0 Å². The van der Waals surface area contributed by atoms with Gasteiger partial charge < -0.3 is 19.3 Å². The second kappa shape index (κ2) is 8.31. The fourth-order valence-corrected chi connectivity index (χ4v) is 1.51. The Labute approximate surface area is 106 Å². The lowest BCUT2D eigenvalue weighted by Crippen LogP contribution is -2.08. The lowest BCUT2D eigenvalue weighted by molar-refractivity contribution is -0.00843. The van der Waals surface area contributed by atoms with Crippen molar-refractivity contribution in [2.24, 2.45) is 0 Å². The number of benzene rings is 1. The van der Waals surface area contributed by atoms with Gasteiger partial charge in [-0.05, 0) is 24.1 Å². The molecule has 0 aliphatic carbocycles. The Balaban J connectivity index is 2.38.